The van der Waals surface area contributed by atoms with Crippen molar-refractivity contribution >= 4 is 33.5 Å². The van der Waals surface area contributed by atoms with Crippen LogP contribution in [0, 0.1) is 17.7 Å². The molecule has 18 heavy (non-hydrogen) atoms. The van der Waals surface area contributed by atoms with Crippen LogP contribution in [-0.2, 0) is 9.59 Å². The fraction of sp³-hybridized carbons (Fsp3) is 0.333. The molecule has 0 radical (unpaired) electrons. The predicted molar refractivity (Wildman–Crippen MR) is 66.7 cm³/mol. The van der Waals surface area contributed by atoms with E-state index in [4.69, 9.17) is 5.11 Å². The number of carboxylic acid groups (broad SMARTS) is 1. The van der Waals surface area contributed by atoms with E-state index in [1.54, 1.807) is 0 Å². The molecule has 1 N–H and O–H groups in total. The summed E-state index contributed by atoms with van der Waals surface area (Å²) in [7, 11) is 1.45. The second-order valence-electron chi connectivity index (χ2n) is 4.28. The monoisotopic (exact) mass is 315 g/mol. The average molecular weight is 316 g/mol. The molecule has 0 spiro atoms. The minimum absolute atomic E-state index is 0.144. The maximum atomic E-state index is 13.6. The topological polar surface area (TPSA) is 57.6 Å². The number of carboxylic acids is 1. The lowest BCUT2D eigenvalue weighted by Crippen LogP contribution is -2.29. The quantitative estimate of drug-likeness (QED) is 0.931. The number of anilines is 1. The Labute approximate surface area is 112 Å². The van der Waals surface area contributed by atoms with Crippen LogP contribution in [-0.4, -0.2) is 24.0 Å². The van der Waals surface area contributed by atoms with Gasteiger partial charge in [0, 0.05) is 11.5 Å². The third-order valence-corrected chi connectivity index (χ3v) is 3.52. The van der Waals surface area contributed by atoms with Gasteiger partial charge in [0.25, 0.3) is 0 Å². The van der Waals surface area contributed by atoms with Crippen LogP contribution >= 0.6 is 15.9 Å². The Kier molecular flexibility index (Phi) is 3.38. The first kappa shape index (κ1) is 13.0. The Morgan fingerprint density at radius 1 is 1.44 bits per heavy atom. The first-order valence-electron chi connectivity index (χ1n) is 5.37. The van der Waals surface area contributed by atoms with Crippen LogP contribution < -0.4 is 4.90 Å². The van der Waals surface area contributed by atoms with Crippen LogP contribution in [0.15, 0.2) is 22.7 Å². The van der Waals surface area contributed by atoms with E-state index in [2.05, 4.69) is 15.9 Å². The van der Waals surface area contributed by atoms with E-state index >= 15 is 0 Å². The lowest BCUT2D eigenvalue weighted by atomic mass is 10.2. The highest BCUT2D eigenvalue weighted by Gasteiger charge is 2.49. The molecule has 96 valence electrons. The third kappa shape index (κ3) is 2.38. The molecule has 0 aliphatic heterocycles. The highest BCUT2D eigenvalue weighted by Crippen LogP contribution is 2.41. The van der Waals surface area contributed by atoms with Gasteiger partial charge >= 0.3 is 5.97 Å². The molecule has 1 aliphatic carbocycles. The molecule has 1 amide bonds. The molecule has 0 saturated heterocycles. The number of benzene rings is 1. The molecule has 1 fully saturated rings. The SMILES string of the molecule is CN(C(=O)C1CC1C(=O)O)c1cc(Br)ccc1F. The summed E-state index contributed by atoms with van der Waals surface area (Å²) in [5.41, 5.74) is 0.144. The predicted octanol–water partition coefficient (Wildman–Crippen LogP) is 2.27. The van der Waals surface area contributed by atoms with E-state index < -0.39 is 23.6 Å². The first-order chi connectivity index (χ1) is 8.41. The molecule has 6 heteroatoms. The lowest BCUT2D eigenvalue weighted by Gasteiger charge is -2.18. The summed E-state index contributed by atoms with van der Waals surface area (Å²) in [6, 6.07) is 4.28. The molecule has 2 unspecified atom stereocenters. The van der Waals surface area contributed by atoms with E-state index in [9.17, 15) is 14.0 Å². The van der Waals surface area contributed by atoms with Gasteiger partial charge in [-0.25, -0.2) is 4.39 Å². The number of rotatable bonds is 3. The molecule has 1 aromatic rings. The van der Waals surface area contributed by atoms with E-state index in [-0.39, 0.29) is 11.6 Å². The highest BCUT2D eigenvalue weighted by molar-refractivity contribution is 9.10. The molecule has 0 bridgehead atoms. The lowest BCUT2D eigenvalue weighted by molar-refractivity contribution is -0.139. The molecule has 1 aliphatic rings. The van der Waals surface area contributed by atoms with E-state index in [0.717, 1.165) is 0 Å². The molecular formula is C12H11BrFNO3. The van der Waals surface area contributed by atoms with Gasteiger partial charge < -0.3 is 10.0 Å². The molecule has 2 rings (SSSR count). The van der Waals surface area contributed by atoms with Gasteiger partial charge in [-0.05, 0) is 24.6 Å². The van der Waals surface area contributed by atoms with Gasteiger partial charge in [-0.15, -0.1) is 0 Å². The summed E-state index contributed by atoms with van der Waals surface area (Å²) in [4.78, 5) is 23.8. The molecule has 0 heterocycles. The van der Waals surface area contributed by atoms with Crippen LogP contribution in [0.4, 0.5) is 10.1 Å². The van der Waals surface area contributed by atoms with Crippen molar-refractivity contribution in [2.45, 2.75) is 6.42 Å². The third-order valence-electron chi connectivity index (χ3n) is 3.02. The van der Waals surface area contributed by atoms with Crippen LogP contribution in [0.5, 0.6) is 0 Å². The maximum absolute atomic E-state index is 13.6. The summed E-state index contributed by atoms with van der Waals surface area (Å²) in [5, 5.41) is 8.77. The van der Waals surface area contributed by atoms with Crippen molar-refractivity contribution in [3.05, 3.63) is 28.5 Å². The van der Waals surface area contributed by atoms with Crippen molar-refractivity contribution in [1.82, 2.24) is 0 Å². The molecule has 4 nitrogen and oxygen atoms in total. The second kappa shape index (κ2) is 4.68. The van der Waals surface area contributed by atoms with E-state index in [1.807, 2.05) is 0 Å². The van der Waals surface area contributed by atoms with Gasteiger partial charge in [0.05, 0.1) is 17.5 Å². The van der Waals surface area contributed by atoms with Crippen LogP contribution in [0.2, 0.25) is 0 Å². The minimum Gasteiger partial charge on any atom is -0.481 e. The Hall–Kier alpha value is -1.43. The Balaban J connectivity index is 2.17. The Morgan fingerprint density at radius 2 is 2.11 bits per heavy atom. The van der Waals surface area contributed by atoms with Crippen molar-refractivity contribution in [2.75, 3.05) is 11.9 Å². The molecule has 2 atom stereocenters. The molecule has 0 aromatic heterocycles. The number of hydrogen-bond donors (Lipinski definition) is 1. The van der Waals surface area contributed by atoms with Crippen LogP contribution in [0.3, 0.4) is 0 Å². The normalized spacial score (nSPS) is 21.5. The average Bonchev–Trinajstić information content (AvgIpc) is 3.10. The molecular weight excluding hydrogens is 305 g/mol. The number of carbonyl (C=O) groups is 2. The van der Waals surface area contributed by atoms with Crippen molar-refractivity contribution in [2.24, 2.45) is 11.8 Å². The zero-order valence-corrected chi connectivity index (χ0v) is 11.1. The van der Waals surface area contributed by atoms with Crippen LogP contribution in [0.1, 0.15) is 6.42 Å². The van der Waals surface area contributed by atoms with Crippen molar-refractivity contribution in [1.29, 1.82) is 0 Å². The van der Waals surface area contributed by atoms with Gasteiger partial charge in [-0.2, -0.15) is 0 Å². The number of carbonyl (C=O) groups excluding carboxylic acids is 1. The highest BCUT2D eigenvalue weighted by atomic mass is 79.9. The van der Waals surface area contributed by atoms with Gasteiger partial charge in [0.1, 0.15) is 5.82 Å². The molecule has 1 saturated carbocycles. The standard InChI is InChI=1S/C12H11BrFNO3/c1-15(10-4-6(13)2-3-9(10)14)11(16)7-5-8(7)12(17)18/h2-4,7-8H,5H2,1H3,(H,17,18). The van der Waals surface area contributed by atoms with Crippen molar-refractivity contribution < 1.29 is 19.1 Å². The fourth-order valence-corrected chi connectivity index (χ4v) is 2.20. The summed E-state index contributed by atoms with van der Waals surface area (Å²) < 4.78 is 14.2. The van der Waals surface area contributed by atoms with Crippen molar-refractivity contribution in [3.63, 3.8) is 0 Å². The first-order valence-corrected chi connectivity index (χ1v) is 6.16. The van der Waals surface area contributed by atoms with Gasteiger partial charge in [-0.3, -0.25) is 9.59 Å². The maximum Gasteiger partial charge on any atom is 0.307 e. The summed E-state index contributed by atoms with van der Waals surface area (Å²) in [6.07, 6.45) is 0.328. The summed E-state index contributed by atoms with van der Waals surface area (Å²) in [6.45, 7) is 0. The largest absolute Gasteiger partial charge is 0.481 e. The van der Waals surface area contributed by atoms with E-state index in [1.165, 1.54) is 30.1 Å². The summed E-state index contributed by atoms with van der Waals surface area (Å²) >= 11 is 3.20. The minimum atomic E-state index is -0.975. The molecule has 1 aromatic carbocycles. The fourth-order valence-electron chi connectivity index (χ4n) is 1.85. The number of hydrogen-bond acceptors (Lipinski definition) is 2. The smallest absolute Gasteiger partial charge is 0.307 e. The number of nitrogens with zero attached hydrogens (tertiary/aromatic N) is 1. The summed E-state index contributed by atoms with van der Waals surface area (Å²) in [5.74, 6) is -3.02. The number of amides is 1. The number of halogens is 2. The zero-order chi connectivity index (χ0) is 13.4. The van der Waals surface area contributed by atoms with Gasteiger partial charge in [-0.1, -0.05) is 15.9 Å². The van der Waals surface area contributed by atoms with E-state index in [0.29, 0.717) is 10.9 Å². The van der Waals surface area contributed by atoms with Gasteiger partial charge in [0.2, 0.25) is 5.91 Å². The van der Waals surface area contributed by atoms with Gasteiger partial charge in [0.15, 0.2) is 0 Å². The number of aliphatic carboxylic acids is 1. The van der Waals surface area contributed by atoms with Crippen LogP contribution in [0.25, 0.3) is 0 Å². The Bertz CT molecular complexity index is 520. The zero-order valence-electron chi connectivity index (χ0n) is 9.56. The second-order valence-corrected chi connectivity index (χ2v) is 5.20. The Morgan fingerprint density at radius 3 is 2.67 bits per heavy atom. The van der Waals surface area contributed by atoms with Crippen molar-refractivity contribution in [3.8, 4) is 0 Å².